The van der Waals surface area contributed by atoms with Crippen LogP contribution in [0.4, 0.5) is 34.1 Å². The van der Waals surface area contributed by atoms with Crippen LogP contribution in [0, 0.1) is 0 Å². The molecule has 316 valence electrons. The molecule has 0 fully saturated rings. The Morgan fingerprint density at radius 2 is 0.761 bits per heavy atom. The standard InChI is InChI=1S/C65H46N2/c1-65(2)59-30-14-13-25-53(59)54-40-39-50(42-60(54)65)66(61-31-15-21-44-18-5-7-23-51(44)61)48-36-34-46(35-37-48)63-55-26-9-11-28-57(55)64(58-29-12-10-27-56(58)63)67(49-38-33-43-17-3-4-20-47(43)41-49)62-32-16-22-45-19-6-8-24-52(45)62/h3-42H,1-2H3. The number of hydrogen-bond donors (Lipinski definition) is 0. The number of hydrogen-bond acceptors (Lipinski definition) is 2. The molecule has 0 aromatic heterocycles. The molecule has 0 radical (unpaired) electrons. The Morgan fingerprint density at radius 3 is 1.42 bits per heavy atom. The van der Waals surface area contributed by atoms with Crippen LogP contribution in [0.15, 0.2) is 243 Å². The topological polar surface area (TPSA) is 6.48 Å². The Hall–Kier alpha value is -8.46. The molecule has 2 heteroatoms. The van der Waals surface area contributed by atoms with E-state index in [1.165, 1.54) is 92.9 Å². The van der Waals surface area contributed by atoms with Crippen LogP contribution in [-0.2, 0) is 5.41 Å². The predicted octanol–water partition coefficient (Wildman–Crippen LogP) is 18.4. The second-order valence-corrected chi connectivity index (χ2v) is 18.5. The second kappa shape index (κ2) is 15.3. The summed E-state index contributed by atoms with van der Waals surface area (Å²) in [6.45, 7) is 4.73. The molecule has 0 spiro atoms. The predicted molar refractivity (Wildman–Crippen MR) is 286 cm³/mol. The third-order valence-corrected chi connectivity index (χ3v) is 14.4. The summed E-state index contributed by atoms with van der Waals surface area (Å²) >= 11 is 0. The van der Waals surface area contributed by atoms with Gasteiger partial charge in [0.05, 0.1) is 17.1 Å². The molecule has 0 aliphatic heterocycles. The van der Waals surface area contributed by atoms with Crippen LogP contribution >= 0.6 is 0 Å². The Labute approximate surface area is 391 Å². The summed E-state index contributed by atoms with van der Waals surface area (Å²) in [6.07, 6.45) is 0. The maximum Gasteiger partial charge on any atom is 0.0619 e. The van der Waals surface area contributed by atoms with E-state index in [9.17, 15) is 0 Å². The first-order chi connectivity index (χ1) is 33.0. The van der Waals surface area contributed by atoms with Crippen molar-refractivity contribution in [1.82, 2.24) is 0 Å². The molecular formula is C65H46N2. The van der Waals surface area contributed by atoms with Gasteiger partial charge in [-0.3, -0.25) is 0 Å². The largest absolute Gasteiger partial charge is 0.310 e. The van der Waals surface area contributed by atoms with Crippen LogP contribution in [0.2, 0.25) is 0 Å². The molecule has 0 heterocycles. The van der Waals surface area contributed by atoms with Crippen molar-refractivity contribution in [1.29, 1.82) is 0 Å². The minimum Gasteiger partial charge on any atom is -0.310 e. The van der Waals surface area contributed by atoms with E-state index in [0.29, 0.717) is 0 Å². The van der Waals surface area contributed by atoms with Crippen LogP contribution in [0.3, 0.4) is 0 Å². The van der Waals surface area contributed by atoms with E-state index in [4.69, 9.17) is 0 Å². The van der Waals surface area contributed by atoms with Gasteiger partial charge in [0.2, 0.25) is 0 Å². The molecule has 0 saturated heterocycles. The van der Waals surface area contributed by atoms with Gasteiger partial charge in [-0.2, -0.15) is 0 Å². The highest BCUT2D eigenvalue weighted by Crippen LogP contribution is 2.53. The Kier molecular flexibility index (Phi) is 8.91. The Bertz CT molecular complexity index is 3850. The lowest BCUT2D eigenvalue weighted by Crippen LogP contribution is -2.16. The molecule has 0 bridgehead atoms. The zero-order valence-corrected chi connectivity index (χ0v) is 37.5. The van der Waals surface area contributed by atoms with E-state index in [2.05, 4.69) is 266 Å². The van der Waals surface area contributed by atoms with Crippen LogP contribution < -0.4 is 9.80 Å². The number of anilines is 6. The molecule has 0 saturated carbocycles. The summed E-state index contributed by atoms with van der Waals surface area (Å²) in [7, 11) is 0. The average Bonchev–Trinajstić information content (AvgIpc) is 3.61. The molecule has 1 aliphatic carbocycles. The molecule has 2 nitrogen and oxygen atoms in total. The smallest absolute Gasteiger partial charge is 0.0619 e. The quantitative estimate of drug-likeness (QED) is 0.147. The lowest BCUT2D eigenvalue weighted by molar-refractivity contribution is 0.660. The van der Waals surface area contributed by atoms with E-state index in [-0.39, 0.29) is 5.41 Å². The lowest BCUT2D eigenvalue weighted by atomic mass is 9.82. The first-order valence-corrected chi connectivity index (χ1v) is 23.3. The van der Waals surface area contributed by atoms with Crippen molar-refractivity contribution >= 4 is 88.0 Å². The van der Waals surface area contributed by atoms with Gasteiger partial charge in [-0.05, 0) is 114 Å². The van der Waals surface area contributed by atoms with Gasteiger partial charge in [-0.1, -0.05) is 208 Å². The molecule has 67 heavy (non-hydrogen) atoms. The van der Waals surface area contributed by atoms with Gasteiger partial charge < -0.3 is 9.80 Å². The van der Waals surface area contributed by atoms with E-state index in [0.717, 1.165) is 28.4 Å². The van der Waals surface area contributed by atoms with Crippen molar-refractivity contribution in [2.75, 3.05) is 9.80 Å². The Balaban J connectivity index is 1.01. The molecule has 0 unspecified atom stereocenters. The maximum atomic E-state index is 2.50. The molecule has 0 amide bonds. The van der Waals surface area contributed by atoms with Crippen LogP contribution in [0.1, 0.15) is 25.0 Å². The molecule has 12 aromatic carbocycles. The molecule has 0 N–H and O–H groups in total. The van der Waals surface area contributed by atoms with Crippen molar-refractivity contribution in [3.8, 4) is 22.3 Å². The van der Waals surface area contributed by atoms with E-state index in [1.54, 1.807) is 0 Å². The van der Waals surface area contributed by atoms with E-state index >= 15 is 0 Å². The minimum absolute atomic E-state index is 0.123. The molecule has 13 rings (SSSR count). The first-order valence-electron chi connectivity index (χ1n) is 23.3. The normalized spacial score (nSPS) is 12.7. The van der Waals surface area contributed by atoms with Gasteiger partial charge in [-0.25, -0.2) is 0 Å². The summed E-state index contributed by atoms with van der Waals surface area (Å²) in [4.78, 5) is 4.96. The molecule has 0 atom stereocenters. The number of benzene rings is 12. The van der Waals surface area contributed by atoms with Crippen molar-refractivity contribution < 1.29 is 0 Å². The van der Waals surface area contributed by atoms with E-state index in [1.807, 2.05) is 0 Å². The summed E-state index contributed by atoms with van der Waals surface area (Å²) in [5.41, 5.74) is 14.5. The molecule has 1 aliphatic rings. The summed E-state index contributed by atoms with van der Waals surface area (Å²) < 4.78 is 0. The first kappa shape index (κ1) is 39.0. The van der Waals surface area contributed by atoms with Gasteiger partial charge in [0.1, 0.15) is 0 Å². The maximum absolute atomic E-state index is 2.50. The fraction of sp³-hybridized carbons (Fsp3) is 0.0462. The fourth-order valence-corrected chi connectivity index (χ4v) is 11.2. The molecular weight excluding hydrogens is 809 g/mol. The van der Waals surface area contributed by atoms with Crippen molar-refractivity contribution in [3.63, 3.8) is 0 Å². The average molecular weight is 855 g/mol. The van der Waals surface area contributed by atoms with Gasteiger partial charge in [0, 0.05) is 44.0 Å². The van der Waals surface area contributed by atoms with Gasteiger partial charge in [0.15, 0.2) is 0 Å². The van der Waals surface area contributed by atoms with Crippen molar-refractivity contribution in [2.24, 2.45) is 0 Å². The third kappa shape index (κ3) is 6.18. The van der Waals surface area contributed by atoms with Crippen LogP contribution in [0.25, 0.3) is 76.1 Å². The SMILES string of the molecule is CC1(C)c2ccccc2-c2ccc(N(c3ccc(-c4c5ccccc5c(N(c5ccc6ccccc6c5)c5cccc6ccccc56)c5ccccc45)cc3)c3cccc4ccccc34)cc21. The van der Waals surface area contributed by atoms with Crippen molar-refractivity contribution in [2.45, 2.75) is 19.3 Å². The number of rotatable bonds is 7. The zero-order valence-electron chi connectivity index (χ0n) is 37.5. The highest BCUT2D eigenvalue weighted by molar-refractivity contribution is 6.23. The minimum atomic E-state index is -0.123. The highest BCUT2D eigenvalue weighted by Gasteiger charge is 2.36. The molecule has 12 aromatic rings. The lowest BCUT2D eigenvalue weighted by Gasteiger charge is -2.31. The number of nitrogens with zero attached hydrogens (tertiary/aromatic N) is 2. The highest BCUT2D eigenvalue weighted by atomic mass is 15.2. The number of fused-ring (bicyclic) bond motifs is 8. The van der Waals surface area contributed by atoms with Crippen LogP contribution in [-0.4, -0.2) is 0 Å². The summed E-state index contributed by atoms with van der Waals surface area (Å²) in [6, 6.07) is 89.6. The monoisotopic (exact) mass is 854 g/mol. The van der Waals surface area contributed by atoms with Crippen molar-refractivity contribution in [3.05, 3.63) is 254 Å². The van der Waals surface area contributed by atoms with E-state index < -0.39 is 0 Å². The Morgan fingerprint density at radius 1 is 0.299 bits per heavy atom. The van der Waals surface area contributed by atoms with Crippen LogP contribution in [0.5, 0.6) is 0 Å². The summed E-state index contributed by atoms with van der Waals surface area (Å²) in [5, 5.41) is 12.1. The van der Waals surface area contributed by atoms with Gasteiger partial charge in [0.25, 0.3) is 0 Å². The fourth-order valence-electron chi connectivity index (χ4n) is 11.2. The third-order valence-electron chi connectivity index (χ3n) is 14.4. The van der Waals surface area contributed by atoms with Gasteiger partial charge in [-0.15, -0.1) is 0 Å². The van der Waals surface area contributed by atoms with Gasteiger partial charge >= 0.3 is 0 Å². The zero-order chi connectivity index (χ0) is 44.6. The second-order valence-electron chi connectivity index (χ2n) is 18.5. The summed E-state index contributed by atoms with van der Waals surface area (Å²) in [5.74, 6) is 0.